The monoisotopic (exact) mass is 1590 g/mol. The Balaban J connectivity index is 0.00000676. The zero-order chi connectivity index (χ0) is 49.0. The predicted molar refractivity (Wildman–Crippen MR) is 325 cm³/mol. The minimum Gasteiger partial charge on any atom is -2.00 e. The summed E-state index contributed by atoms with van der Waals surface area (Å²) >= 11 is 30.2. The van der Waals surface area contributed by atoms with Crippen molar-refractivity contribution >= 4 is 215 Å². The maximum atomic E-state index is 8.51. The Bertz CT molecular complexity index is 2520. The molecule has 356 valence electrons. The molecule has 0 saturated carbocycles. The average Bonchev–Trinajstić information content (AvgIpc) is 3.36. The van der Waals surface area contributed by atoms with Crippen molar-refractivity contribution in [3.63, 3.8) is 0 Å². The van der Waals surface area contributed by atoms with E-state index in [2.05, 4.69) is 362 Å². The van der Waals surface area contributed by atoms with Crippen LogP contribution in [-0.4, -0.2) is 25.0 Å². The zero-order valence-corrected chi connectivity index (χ0v) is 55.4. The molecule has 17 heteroatoms. The molecule has 0 heterocycles. The van der Waals surface area contributed by atoms with E-state index in [4.69, 9.17) is 10.1 Å². The first kappa shape index (κ1) is 55.6. The van der Waals surface area contributed by atoms with Crippen LogP contribution in [-0.2, 0) is 31.7 Å². The molecule has 0 aliphatic rings. The van der Waals surface area contributed by atoms with Crippen LogP contribution in [0.3, 0.4) is 0 Å². The molecule has 9 aromatic carbocycles. The molecule has 0 atom stereocenters. The van der Waals surface area contributed by atoms with Gasteiger partial charge in [0.15, 0.2) is 0 Å². The van der Waals surface area contributed by atoms with Crippen molar-refractivity contribution in [2.24, 2.45) is 0 Å². The van der Waals surface area contributed by atoms with Gasteiger partial charge in [0.05, 0.1) is 0 Å². The number of rotatable bonds is 15. The van der Waals surface area contributed by atoms with Crippen LogP contribution in [0.5, 0.6) is 0 Å². The fourth-order valence-corrected chi connectivity index (χ4v) is 30.9. The molecule has 71 heavy (non-hydrogen) atoms. The number of hydrogen-bond donors (Lipinski definition) is 0. The van der Waals surface area contributed by atoms with Crippen molar-refractivity contribution in [1.29, 1.82) is 0 Å². The van der Waals surface area contributed by atoms with Crippen molar-refractivity contribution in [2.45, 2.75) is 0 Å². The van der Waals surface area contributed by atoms with Gasteiger partial charge < -0.3 is 5.48 Å². The third kappa shape index (κ3) is 12.2. The van der Waals surface area contributed by atoms with Gasteiger partial charge in [-0.15, -0.1) is 0 Å². The van der Waals surface area contributed by atoms with E-state index in [1.807, 2.05) is 0 Å². The summed E-state index contributed by atoms with van der Waals surface area (Å²) in [4.78, 5) is 0. The first-order valence-electron chi connectivity index (χ1n) is 21.5. The smallest absolute Gasteiger partial charge is 2.00 e. The molecule has 0 bridgehead atoms. The minimum atomic E-state index is -3.78. The first-order valence-corrected chi connectivity index (χ1v) is 36.1. The molecule has 0 aliphatic heterocycles. The van der Waals surface area contributed by atoms with Crippen molar-refractivity contribution in [3.05, 3.63) is 259 Å². The van der Waals surface area contributed by atoms with E-state index in [0.717, 1.165) is 86.9 Å². The van der Waals surface area contributed by atoms with Gasteiger partial charge in [0.25, 0.3) is 0 Å². The van der Waals surface area contributed by atoms with Gasteiger partial charge in [-0.05, 0) is 0 Å². The van der Waals surface area contributed by atoms with Crippen LogP contribution >= 0.6 is 143 Å². The summed E-state index contributed by atoms with van der Waals surface area (Å²) in [6.07, 6.45) is 0. The maximum Gasteiger partial charge on any atom is -2.00 e. The molecule has 4 nitrogen and oxygen atoms in total. The van der Waals surface area contributed by atoms with E-state index in [9.17, 15) is 0 Å². The van der Waals surface area contributed by atoms with Crippen LogP contribution in [0, 0.1) is 0 Å². The quantitative estimate of drug-likeness (QED) is 0.0759. The Labute approximate surface area is 498 Å². The molecule has 9 aromatic rings. The van der Waals surface area contributed by atoms with Crippen LogP contribution in [0.25, 0.3) is 0 Å². The van der Waals surface area contributed by atoms with Crippen LogP contribution in [0.1, 0.15) is 0 Å². The van der Waals surface area contributed by atoms with Crippen LogP contribution in [0.2, 0.25) is 0 Å². The van der Waals surface area contributed by atoms with Crippen molar-refractivity contribution in [2.75, 3.05) is 0 Å². The third-order valence-corrected chi connectivity index (χ3v) is 34.2. The Morgan fingerprint density at radius 3 is 0.394 bits per heavy atom. The van der Waals surface area contributed by atoms with Gasteiger partial charge in [-0.1, -0.05) is 0 Å². The van der Waals surface area contributed by atoms with Gasteiger partial charge in [0.2, 0.25) is 0 Å². The number of hydrogen-bond acceptors (Lipinski definition) is 3. The van der Waals surface area contributed by atoms with E-state index in [1.165, 1.54) is 0 Å². The molecular weight excluding hydrogens is 1570 g/mol. The standard InChI is InChI=1S/3C18H12Br3OSi.O.V/c3*19-13-1-7-16(8-2-13)23(22,17-9-3-14(20)4-10-17)18-11-5-15(21)6-12-18;;/h3*1-12H;;/q3*-1;-2;+5. The molecule has 0 radical (unpaired) electrons. The summed E-state index contributed by atoms with van der Waals surface area (Å²) in [7, 11) is -11.0. The van der Waals surface area contributed by atoms with Gasteiger partial charge in [0, 0.05) is 0 Å². The zero-order valence-electron chi connectivity index (χ0n) is 36.8. The second kappa shape index (κ2) is 24.6. The maximum absolute atomic E-state index is 8.51. The SMILES string of the molecule is Brc1ccc([Si]([O][V+2]([O][Si](c2ccc(Br)cc2)(c2ccc(Br)cc2)c2ccc(Br)cc2)[O][Si](c2ccc(Br)cc2)(c2ccc(Br)cc2)c2ccc(Br)cc2)(c2ccc(Br)cc2)c2ccc(Br)cc2)cc1.[O-2]. The number of benzene rings is 9. The molecule has 0 unspecified atom stereocenters. The van der Waals surface area contributed by atoms with Gasteiger partial charge >= 0.3 is 500 Å². The topological polar surface area (TPSA) is 56.2 Å². The molecule has 0 aromatic heterocycles. The number of halogens is 9. The van der Waals surface area contributed by atoms with Gasteiger partial charge in [0.1, 0.15) is 0 Å². The summed E-state index contributed by atoms with van der Waals surface area (Å²) < 4.78 is 34.2. The Kier molecular flexibility index (Phi) is 19.2. The van der Waals surface area contributed by atoms with Crippen molar-refractivity contribution in [3.8, 4) is 0 Å². The summed E-state index contributed by atoms with van der Waals surface area (Å²) in [6.45, 7) is 0. The predicted octanol–water partition coefficient (Wildman–Crippen LogP) is 13.1. The molecule has 0 saturated heterocycles. The van der Waals surface area contributed by atoms with Gasteiger partial charge in [-0.3, -0.25) is 0 Å². The van der Waals surface area contributed by atoms with E-state index in [-0.39, 0.29) is 5.48 Å². The third-order valence-electron chi connectivity index (χ3n) is 11.9. The normalized spacial score (nSPS) is 11.8. The second-order valence-electron chi connectivity index (χ2n) is 16.1. The minimum absolute atomic E-state index is 0. The van der Waals surface area contributed by atoms with Crippen molar-refractivity contribution < 1.29 is 31.7 Å². The summed E-state index contributed by atoms with van der Waals surface area (Å²) in [5.74, 6) is 0. The summed E-state index contributed by atoms with van der Waals surface area (Å²) in [5.41, 5.74) is 0. The van der Waals surface area contributed by atoms with Crippen LogP contribution in [0.15, 0.2) is 259 Å². The van der Waals surface area contributed by atoms with Gasteiger partial charge in [-0.25, -0.2) is 0 Å². The van der Waals surface area contributed by atoms with Crippen LogP contribution < -0.4 is 46.7 Å². The van der Waals surface area contributed by atoms with Crippen molar-refractivity contribution in [1.82, 2.24) is 0 Å². The van der Waals surface area contributed by atoms with E-state index in [0.29, 0.717) is 0 Å². The molecule has 9 rings (SSSR count). The van der Waals surface area contributed by atoms with E-state index < -0.39 is 41.2 Å². The van der Waals surface area contributed by atoms with Gasteiger partial charge in [-0.2, -0.15) is 0 Å². The Morgan fingerprint density at radius 1 is 0.197 bits per heavy atom. The van der Waals surface area contributed by atoms with E-state index >= 15 is 0 Å². The average molecular weight is 1600 g/mol. The van der Waals surface area contributed by atoms with Crippen LogP contribution in [0.4, 0.5) is 0 Å². The first-order chi connectivity index (χ1) is 33.8. The summed E-state index contributed by atoms with van der Waals surface area (Å²) in [6, 6.07) is 77.3. The molecule has 0 aliphatic carbocycles. The summed E-state index contributed by atoms with van der Waals surface area (Å²) in [5, 5.41) is 9.36. The molecule has 0 spiro atoms. The fourth-order valence-electron chi connectivity index (χ4n) is 8.53. The second-order valence-corrected chi connectivity index (χ2v) is 37.4. The fraction of sp³-hybridized carbons (Fsp3) is 0. The molecule has 0 fully saturated rings. The molecule has 0 N–H and O–H groups in total. The molecular formula is C54H36Br9O4Si3V. The Hall–Kier alpha value is -1.62. The van der Waals surface area contributed by atoms with E-state index in [1.54, 1.807) is 0 Å². The largest absolute Gasteiger partial charge is 2.00 e. The Morgan fingerprint density at radius 2 is 0.296 bits per heavy atom. The molecule has 0 amide bonds.